The van der Waals surface area contributed by atoms with Crippen LogP contribution in [0, 0.1) is 28.6 Å². The highest BCUT2D eigenvalue weighted by atomic mass is 16.3. The molecule has 6 atom stereocenters. The second kappa shape index (κ2) is 4.31. The molecule has 0 radical (unpaired) electrons. The van der Waals surface area contributed by atoms with Crippen LogP contribution in [0.4, 0.5) is 0 Å². The number of hydrogen-bond acceptors (Lipinski definition) is 3. The van der Waals surface area contributed by atoms with Gasteiger partial charge in [0.15, 0.2) is 5.78 Å². The molecule has 3 fully saturated rings. The first kappa shape index (κ1) is 14.6. The van der Waals surface area contributed by atoms with Gasteiger partial charge in [-0.05, 0) is 55.9 Å². The maximum Gasteiger partial charge on any atom is 0.155 e. The molecule has 0 aromatic heterocycles. The highest BCUT2D eigenvalue weighted by molar-refractivity contribution is 5.91. The Labute approximate surface area is 132 Å². The number of carbonyl (C=O) groups is 2. The van der Waals surface area contributed by atoms with E-state index in [1.807, 2.05) is 6.08 Å². The second-order valence-corrected chi connectivity index (χ2v) is 8.58. The molecule has 0 amide bonds. The highest BCUT2D eigenvalue weighted by Crippen LogP contribution is 2.65. The monoisotopic (exact) mass is 302 g/mol. The molecule has 22 heavy (non-hydrogen) atoms. The van der Waals surface area contributed by atoms with E-state index in [0.29, 0.717) is 31.0 Å². The maximum atomic E-state index is 12.4. The summed E-state index contributed by atoms with van der Waals surface area (Å²) in [5, 5.41) is 11.7. The third-order valence-electron chi connectivity index (χ3n) is 7.93. The Bertz CT molecular complexity index is 579. The predicted molar refractivity (Wildman–Crippen MR) is 83.1 cm³/mol. The molecule has 4 aliphatic rings. The lowest BCUT2D eigenvalue weighted by Gasteiger charge is -2.62. The number of fused-ring (bicyclic) bond motifs is 5. The van der Waals surface area contributed by atoms with E-state index in [9.17, 15) is 14.7 Å². The number of ketones is 2. The van der Waals surface area contributed by atoms with Gasteiger partial charge in [-0.25, -0.2) is 0 Å². The van der Waals surface area contributed by atoms with Gasteiger partial charge >= 0.3 is 0 Å². The molecule has 1 unspecified atom stereocenters. The Morgan fingerprint density at radius 3 is 2.64 bits per heavy atom. The largest absolute Gasteiger partial charge is 0.389 e. The fourth-order valence-corrected chi connectivity index (χ4v) is 6.35. The first-order chi connectivity index (χ1) is 10.3. The van der Waals surface area contributed by atoms with Crippen molar-refractivity contribution in [3.63, 3.8) is 0 Å². The van der Waals surface area contributed by atoms with Gasteiger partial charge in [-0.15, -0.1) is 0 Å². The van der Waals surface area contributed by atoms with Gasteiger partial charge in [0, 0.05) is 23.7 Å². The summed E-state index contributed by atoms with van der Waals surface area (Å²) in [4.78, 5) is 24.2. The zero-order valence-corrected chi connectivity index (χ0v) is 13.6. The smallest absolute Gasteiger partial charge is 0.155 e. The minimum absolute atomic E-state index is 0.196. The van der Waals surface area contributed by atoms with Gasteiger partial charge in [-0.2, -0.15) is 0 Å². The predicted octanol–water partition coefficient (Wildman–Crippen LogP) is 3.06. The number of allylic oxidation sites excluding steroid dienone is 1. The molecule has 0 aromatic carbocycles. The van der Waals surface area contributed by atoms with E-state index in [1.54, 1.807) is 6.08 Å². The van der Waals surface area contributed by atoms with Crippen LogP contribution in [-0.2, 0) is 9.59 Å². The van der Waals surface area contributed by atoms with Crippen LogP contribution < -0.4 is 0 Å². The fraction of sp³-hybridized carbons (Fsp3) is 0.789. The average Bonchev–Trinajstić information content (AvgIpc) is 2.77. The van der Waals surface area contributed by atoms with Gasteiger partial charge in [-0.3, -0.25) is 9.59 Å². The summed E-state index contributed by atoms with van der Waals surface area (Å²) in [6, 6.07) is 0. The minimum atomic E-state index is -0.748. The highest BCUT2D eigenvalue weighted by Gasteiger charge is 2.66. The Hall–Kier alpha value is -0.960. The van der Waals surface area contributed by atoms with E-state index in [2.05, 4.69) is 13.8 Å². The number of hydrogen-bond donors (Lipinski definition) is 1. The number of Topliss-reactive ketones (excluding diaryl/α,β-unsaturated/α-hetero) is 1. The molecule has 0 bridgehead atoms. The van der Waals surface area contributed by atoms with Crippen LogP contribution in [-0.4, -0.2) is 22.3 Å². The molecule has 4 aliphatic carbocycles. The van der Waals surface area contributed by atoms with Crippen molar-refractivity contribution in [1.29, 1.82) is 0 Å². The van der Waals surface area contributed by atoms with Crippen LogP contribution >= 0.6 is 0 Å². The van der Waals surface area contributed by atoms with Crippen molar-refractivity contribution < 1.29 is 14.7 Å². The van der Waals surface area contributed by atoms with Gasteiger partial charge in [0.1, 0.15) is 5.78 Å². The van der Waals surface area contributed by atoms with Crippen molar-refractivity contribution in [2.45, 2.75) is 64.4 Å². The quantitative estimate of drug-likeness (QED) is 0.748. The van der Waals surface area contributed by atoms with Crippen molar-refractivity contribution in [1.82, 2.24) is 0 Å². The topological polar surface area (TPSA) is 54.4 Å². The molecule has 120 valence electrons. The zero-order valence-electron chi connectivity index (χ0n) is 13.6. The Balaban J connectivity index is 1.77. The molecular weight excluding hydrogens is 276 g/mol. The van der Waals surface area contributed by atoms with Crippen LogP contribution in [0.25, 0.3) is 0 Å². The van der Waals surface area contributed by atoms with Gasteiger partial charge < -0.3 is 5.11 Å². The molecule has 0 spiro atoms. The molecule has 0 aliphatic heterocycles. The third kappa shape index (κ3) is 1.56. The molecule has 4 rings (SSSR count). The lowest BCUT2D eigenvalue weighted by molar-refractivity contribution is -0.206. The molecule has 3 nitrogen and oxygen atoms in total. The van der Waals surface area contributed by atoms with E-state index >= 15 is 0 Å². The maximum absolute atomic E-state index is 12.4. The zero-order chi connectivity index (χ0) is 15.8. The van der Waals surface area contributed by atoms with Crippen molar-refractivity contribution in [2.75, 3.05) is 0 Å². The average molecular weight is 302 g/mol. The van der Waals surface area contributed by atoms with Crippen molar-refractivity contribution in [3.8, 4) is 0 Å². The van der Waals surface area contributed by atoms with Crippen LogP contribution in [0.15, 0.2) is 12.2 Å². The summed E-state index contributed by atoms with van der Waals surface area (Å²) in [6.45, 7) is 4.27. The van der Waals surface area contributed by atoms with E-state index in [0.717, 1.165) is 25.7 Å². The summed E-state index contributed by atoms with van der Waals surface area (Å²) in [6.07, 6.45) is 9.33. The molecule has 0 aromatic rings. The van der Waals surface area contributed by atoms with Crippen LogP contribution in [0.3, 0.4) is 0 Å². The van der Waals surface area contributed by atoms with Gasteiger partial charge in [0.25, 0.3) is 0 Å². The van der Waals surface area contributed by atoms with E-state index in [1.165, 1.54) is 0 Å². The third-order valence-corrected chi connectivity index (χ3v) is 7.93. The van der Waals surface area contributed by atoms with Gasteiger partial charge in [-0.1, -0.05) is 19.9 Å². The van der Waals surface area contributed by atoms with Crippen LogP contribution in [0.1, 0.15) is 58.8 Å². The molecular formula is C19H26O3. The van der Waals surface area contributed by atoms with E-state index < -0.39 is 5.60 Å². The van der Waals surface area contributed by atoms with Crippen molar-refractivity contribution in [2.24, 2.45) is 28.6 Å². The molecule has 3 saturated carbocycles. The minimum Gasteiger partial charge on any atom is -0.389 e. The van der Waals surface area contributed by atoms with Crippen molar-refractivity contribution in [3.05, 3.63) is 12.2 Å². The fourth-order valence-electron chi connectivity index (χ4n) is 6.35. The van der Waals surface area contributed by atoms with Crippen LogP contribution in [0.5, 0.6) is 0 Å². The van der Waals surface area contributed by atoms with Crippen molar-refractivity contribution >= 4 is 11.6 Å². The summed E-state index contributed by atoms with van der Waals surface area (Å²) >= 11 is 0. The van der Waals surface area contributed by atoms with Gasteiger partial charge in [0.05, 0.1) is 5.60 Å². The van der Waals surface area contributed by atoms with Gasteiger partial charge in [0.2, 0.25) is 0 Å². The Morgan fingerprint density at radius 1 is 1.09 bits per heavy atom. The Morgan fingerprint density at radius 2 is 1.86 bits per heavy atom. The first-order valence-corrected chi connectivity index (χ1v) is 8.79. The molecule has 0 saturated heterocycles. The molecule has 0 heterocycles. The van der Waals surface area contributed by atoms with Crippen LogP contribution in [0.2, 0.25) is 0 Å². The van der Waals surface area contributed by atoms with E-state index in [-0.39, 0.29) is 28.4 Å². The first-order valence-electron chi connectivity index (χ1n) is 8.79. The molecule has 3 heteroatoms. The summed E-state index contributed by atoms with van der Waals surface area (Å²) in [5.41, 5.74) is -1.27. The van der Waals surface area contributed by atoms with E-state index in [4.69, 9.17) is 0 Å². The molecule has 1 N–H and O–H groups in total. The SMILES string of the molecule is C[C@]12C=CC(=O)CC1CC[C@H]1[C@@H]3CCC(=O)[C@@]3(C)CC[C@@]12O. The summed E-state index contributed by atoms with van der Waals surface area (Å²) in [7, 11) is 0. The number of carbonyl (C=O) groups excluding carboxylic acids is 2. The normalized spacial score (nSPS) is 53.9. The lowest BCUT2D eigenvalue weighted by atomic mass is 9.44. The standard InChI is InChI=1S/C19H26O3/c1-17-9-10-19(22)15(14(17)5-6-16(17)21)4-3-12-11-13(20)7-8-18(12,19)2/h7-8,12,14-15,22H,3-6,9-11H2,1-2H3/t12?,14-,15-,17-,18-,19+/m0/s1. The number of aliphatic hydroxyl groups is 1. The summed E-state index contributed by atoms with van der Waals surface area (Å²) in [5.74, 6) is 1.38. The second-order valence-electron chi connectivity index (χ2n) is 8.58. The number of rotatable bonds is 0. The Kier molecular flexibility index (Phi) is 2.87. The summed E-state index contributed by atoms with van der Waals surface area (Å²) < 4.78 is 0. The lowest BCUT2D eigenvalue weighted by Crippen LogP contribution is -2.64.